The van der Waals surface area contributed by atoms with Gasteiger partial charge in [0, 0.05) is 33.8 Å². The zero-order chi connectivity index (χ0) is 21.6. The summed E-state index contributed by atoms with van der Waals surface area (Å²) in [6, 6.07) is 0.488. The second-order valence-electron chi connectivity index (χ2n) is 6.83. The molecule has 1 N–H and O–H groups in total. The van der Waals surface area contributed by atoms with Gasteiger partial charge in [-0.2, -0.15) is 13.2 Å². The van der Waals surface area contributed by atoms with Gasteiger partial charge in [-0.1, -0.05) is 23.2 Å². The highest BCUT2D eigenvalue weighted by Gasteiger charge is 2.71. The van der Waals surface area contributed by atoms with Gasteiger partial charge < -0.3 is 10.0 Å². The molecule has 0 saturated carbocycles. The van der Waals surface area contributed by atoms with E-state index in [2.05, 4.69) is 0 Å². The van der Waals surface area contributed by atoms with Crippen LogP contribution in [0.15, 0.2) is 41.6 Å². The van der Waals surface area contributed by atoms with Gasteiger partial charge in [0.2, 0.25) is 5.41 Å². The number of aliphatic carboxylic acids is 1. The number of nitro groups is 1. The highest BCUT2D eigenvalue weighted by atomic mass is 35.5. The quantitative estimate of drug-likeness (QED) is 0.541. The molecule has 2 unspecified atom stereocenters. The Morgan fingerprint density at radius 1 is 1.17 bits per heavy atom. The lowest BCUT2D eigenvalue weighted by Crippen LogP contribution is -2.61. The molecular weight excluding hydrogens is 436 g/mol. The number of nitrogens with zero attached hydrogens (tertiary/aromatic N) is 2. The molecule has 0 bridgehead atoms. The van der Waals surface area contributed by atoms with E-state index in [4.69, 9.17) is 23.2 Å². The SMILES string of the molecule is O=C(O)C1=CC=C(N2CCCC2)C(c2cc(Cl)cc(Cl)c2)(C(F)(F)F)C1[N+](=O)[O-]. The predicted octanol–water partition coefficient (Wildman–Crippen LogP) is 4.44. The van der Waals surface area contributed by atoms with E-state index in [9.17, 15) is 33.2 Å². The van der Waals surface area contributed by atoms with E-state index in [0.29, 0.717) is 12.8 Å². The van der Waals surface area contributed by atoms with E-state index >= 15 is 0 Å². The summed E-state index contributed by atoms with van der Waals surface area (Å²) < 4.78 is 44.5. The molecule has 0 aromatic heterocycles. The van der Waals surface area contributed by atoms with Crippen LogP contribution < -0.4 is 0 Å². The van der Waals surface area contributed by atoms with Gasteiger partial charge in [-0.3, -0.25) is 10.1 Å². The largest absolute Gasteiger partial charge is 0.478 e. The molecule has 6 nitrogen and oxygen atoms in total. The minimum Gasteiger partial charge on any atom is -0.478 e. The molecule has 29 heavy (non-hydrogen) atoms. The number of carboxylic acid groups (broad SMARTS) is 1. The van der Waals surface area contributed by atoms with Gasteiger partial charge >= 0.3 is 12.1 Å². The first-order valence-electron chi connectivity index (χ1n) is 8.57. The molecule has 1 aliphatic heterocycles. The summed E-state index contributed by atoms with van der Waals surface area (Å²) in [6.45, 7) is 0.525. The van der Waals surface area contributed by atoms with Crippen molar-refractivity contribution in [2.24, 2.45) is 0 Å². The van der Waals surface area contributed by atoms with Gasteiger partial charge in [-0.25, -0.2) is 4.79 Å². The van der Waals surface area contributed by atoms with Crippen molar-refractivity contribution >= 4 is 29.2 Å². The fourth-order valence-electron chi connectivity index (χ4n) is 4.09. The highest BCUT2D eigenvalue weighted by molar-refractivity contribution is 6.34. The molecular formula is C18H15Cl2F3N2O4. The Morgan fingerprint density at radius 2 is 1.72 bits per heavy atom. The van der Waals surface area contributed by atoms with Crippen molar-refractivity contribution < 1.29 is 28.0 Å². The van der Waals surface area contributed by atoms with Crippen LogP contribution >= 0.6 is 23.2 Å². The van der Waals surface area contributed by atoms with Crippen LogP contribution in [0.25, 0.3) is 0 Å². The molecule has 1 fully saturated rings. The Morgan fingerprint density at radius 3 is 2.17 bits per heavy atom. The van der Waals surface area contributed by atoms with Crippen molar-refractivity contribution in [1.82, 2.24) is 4.90 Å². The summed E-state index contributed by atoms with van der Waals surface area (Å²) in [6.07, 6.45) is -2.11. The van der Waals surface area contributed by atoms with Gasteiger partial charge in [-0.15, -0.1) is 0 Å². The number of likely N-dealkylation sites (tertiary alicyclic amines) is 1. The van der Waals surface area contributed by atoms with Crippen molar-refractivity contribution in [1.29, 1.82) is 0 Å². The van der Waals surface area contributed by atoms with Gasteiger partial charge in [0.1, 0.15) is 5.57 Å². The summed E-state index contributed by atoms with van der Waals surface area (Å²) in [7, 11) is 0. The number of carbonyl (C=O) groups is 1. The third kappa shape index (κ3) is 3.46. The fourth-order valence-corrected chi connectivity index (χ4v) is 4.61. The maximum Gasteiger partial charge on any atom is 0.410 e. The van der Waals surface area contributed by atoms with E-state index in [1.54, 1.807) is 0 Å². The molecule has 1 heterocycles. The molecule has 2 atom stereocenters. The van der Waals surface area contributed by atoms with Crippen LogP contribution in [0.3, 0.4) is 0 Å². The number of benzene rings is 1. The standard InChI is InChI=1S/C18H15Cl2F3N2O4/c19-11-7-10(8-12(20)9-11)17(18(21,22)23)14(24-5-1-2-6-24)4-3-13(16(26)27)15(17)25(28)29/h3-4,7-9,15H,1-2,5-6H2,(H,26,27). The molecule has 0 radical (unpaired) electrons. The third-order valence-corrected chi connectivity index (χ3v) is 5.64. The number of carboxylic acids is 1. The first-order valence-corrected chi connectivity index (χ1v) is 9.33. The molecule has 0 amide bonds. The van der Waals surface area contributed by atoms with Crippen molar-refractivity contribution in [2.45, 2.75) is 30.5 Å². The first kappa shape index (κ1) is 21.4. The Bertz CT molecular complexity index is 906. The maximum atomic E-state index is 14.8. The van der Waals surface area contributed by atoms with Crippen LogP contribution in [0.5, 0.6) is 0 Å². The lowest BCUT2D eigenvalue weighted by Gasteiger charge is -2.44. The van der Waals surface area contributed by atoms with E-state index in [1.807, 2.05) is 0 Å². The van der Waals surface area contributed by atoms with Crippen LogP contribution in [-0.4, -0.2) is 46.2 Å². The van der Waals surface area contributed by atoms with Crippen LogP contribution in [-0.2, 0) is 10.2 Å². The highest BCUT2D eigenvalue weighted by Crippen LogP contribution is 2.55. The second kappa shape index (κ2) is 7.53. The topological polar surface area (TPSA) is 83.7 Å². The molecule has 11 heteroatoms. The molecule has 1 aromatic rings. The van der Waals surface area contributed by atoms with Crippen molar-refractivity contribution in [2.75, 3.05) is 13.1 Å². The summed E-state index contributed by atoms with van der Waals surface area (Å²) in [4.78, 5) is 23.8. The van der Waals surface area contributed by atoms with E-state index in [-0.39, 0.29) is 28.8 Å². The number of alkyl halides is 3. The molecule has 2 aliphatic rings. The Labute approximate surface area is 173 Å². The normalized spacial score (nSPS) is 24.9. The maximum absolute atomic E-state index is 14.8. The number of rotatable bonds is 4. The summed E-state index contributed by atoms with van der Waals surface area (Å²) in [5.41, 5.74) is -5.19. The number of hydrogen-bond donors (Lipinski definition) is 1. The zero-order valence-corrected chi connectivity index (χ0v) is 16.3. The Hall–Kier alpha value is -2.26. The minimum absolute atomic E-state index is 0.148. The van der Waals surface area contributed by atoms with Gasteiger partial charge in [0.15, 0.2) is 0 Å². The van der Waals surface area contributed by atoms with E-state index in [0.717, 1.165) is 24.3 Å². The van der Waals surface area contributed by atoms with Crippen LogP contribution in [0, 0.1) is 10.1 Å². The average molecular weight is 451 g/mol. The molecule has 156 valence electrons. The molecule has 1 aliphatic carbocycles. The van der Waals surface area contributed by atoms with E-state index in [1.165, 1.54) is 11.0 Å². The fraction of sp³-hybridized carbons (Fsp3) is 0.389. The summed E-state index contributed by atoms with van der Waals surface area (Å²) >= 11 is 11.9. The number of allylic oxidation sites excluding steroid dienone is 2. The minimum atomic E-state index is -5.22. The Kier molecular flexibility index (Phi) is 5.57. The third-order valence-electron chi connectivity index (χ3n) is 5.20. The van der Waals surface area contributed by atoms with Gasteiger partial charge in [-0.05, 0) is 48.8 Å². The monoisotopic (exact) mass is 450 g/mol. The molecule has 0 spiro atoms. The zero-order valence-electron chi connectivity index (χ0n) is 14.7. The number of hydrogen-bond acceptors (Lipinski definition) is 4. The van der Waals surface area contributed by atoms with Gasteiger partial charge in [0.05, 0.1) is 0 Å². The average Bonchev–Trinajstić information content (AvgIpc) is 3.12. The molecule has 1 aromatic carbocycles. The summed E-state index contributed by atoms with van der Waals surface area (Å²) in [5.74, 6) is -1.80. The number of halogens is 5. The van der Waals surface area contributed by atoms with Crippen LogP contribution in [0.1, 0.15) is 18.4 Å². The lowest BCUT2D eigenvalue weighted by molar-refractivity contribution is -0.532. The van der Waals surface area contributed by atoms with Crippen molar-refractivity contribution in [3.8, 4) is 0 Å². The summed E-state index contributed by atoms with van der Waals surface area (Å²) in [5, 5.41) is 21.1. The molecule has 1 saturated heterocycles. The molecule has 3 rings (SSSR count). The van der Waals surface area contributed by atoms with E-state index < -0.39 is 39.7 Å². The lowest BCUT2D eigenvalue weighted by atomic mass is 9.65. The second-order valence-corrected chi connectivity index (χ2v) is 7.70. The predicted molar refractivity (Wildman–Crippen MR) is 99.6 cm³/mol. The van der Waals surface area contributed by atoms with Crippen LogP contribution in [0.4, 0.5) is 13.2 Å². The smallest absolute Gasteiger partial charge is 0.410 e. The Balaban J connectivity index is 2.44. The van der Waals surface area contributed by atoms with Crippen LogP contribution in [0.2, 0.25) is 10.0 Å². The van der Waals surface area contributed by atoms with Crippen molar-refractivity contribution in [3.05, 3.63) is 67.3 Å². The first-order chi connectivity index (χ1) is 13.5. The van der Waals surface area contributed by atoms with Gasteiger partial charge in [0.25, 0.3) is 6.04 Å². The van der Waals surface area contributed by atoms with Crippen molar-refractivity contribution in [3.63, 3.8) is 0 Å².